The number of hydrogen-bond donors (Lipinski definition) is 1. The average molecular weight is 175 g/mol. The average Bonchev–Trinajstić information content (AvgIpc) is 1.54. The number of allylic oxidation sites excluding steroid dienone is 2. The van der Waals surface area contributed by atoms with Crippen molar-refractivity contribution in [3.63, 3.8) is 0 Å². The van der Waals surface area contributed by atoms with Crippen molar-refractivity contribution >= 4 is 15.5 Å². The van der Waals surface area contributed by atoms with Crippen molar-refractivity contribution in [1.82, 2.24) is 0 Å². The highest BCUT2D eigenvalue weighted by Crippen LogP contribution is 2.11. The summed E-state index contributed by atoms with van der Waals surface area (Å²) in [5.41, 5.74) is 0.771. The summed E-state index contributed by atoms with van der Waals surface area (Å²) in [7, 11) is -3.21. The van der Waals surface area contributed by atoms with Crippen LogP contribution in [0.5, 0.6) is 0 Å². The van der Waals surface area contributed by atoms with E-state index in [0.29, 0.717) is 5.57 Å². The van der Waals surface area contributed by atoms with E-state index in [1.165, 1.54) is 6.92 Å². The zero-order valence-corrected chi connectivity index (χ0v) is 8.04. The minimum Gasteiger partial charge on any atom is -0.304 e. The van der Waals surface area contributed by atoms with E-state index >= 15 is 0 Å². The number of rotatable bonds is 2. The van der Waals surface area contributed by atoms with Crippen LogP contribution in [0.4, 0.5) is 0 Å². The molecule has 0 radical (unpaired) electrons. The lowest BCUT2D eigenvalue weighted by Gasteiger charge is -2.04. The Labute approximate surface area is 67.6 Å². The Morgan fingerprint density at radius 2 is 1.55 bits per heavy atom. The summed E-state index contributed by atoms with van der Waals surface area (Å²) in [6.07, 6.45) is 1.12. The van der Waals surface area contributed by atoms with Crippen molar-refractivity contribution < 1.29 is 8.42 Å². The first kappa shape index (κ1) is 10.4. The van der Waals surface area contributed by atoms with Gasteiger partial charge in [-0.3, -0.25) is 0 Å². The maximum Gasteiger partial charge on any atom is 0.177 e. The molecule has 1 N–H and O–H groups in total. The highest BCUT2D eigenvalue weighted by atomic mass is 32.2. The second-order valence-corrected chi connectivity index (χ2v) is 4.68. The van der Waals surface area contributed by atoms with Crippen molar-refractivity contribution in [1.29, 1.82) is 5.41 Å². The predicted octanol–water partition coefficient (Wildman–Crippen LogP) is 1.36. The van der Waals surface area contributed by atoms with Gasteiger partial charge in [0, 0.05) is 12.0 Å². The highest BCUT2D eigenvalue weighted by molar-refractivity contribution is 7.95. The van der Waals surface area contributed by atoms with Crippen molar-refractivity contribution in [2.75, 3.05) is 6.26 Å². The molecule has 0 unspecified atom stereocenters. The summed E-state index contributed by atoms with van der Waals surface area (Å²) >= 11 is 0. The molecule has 0 aromatic carbocycles. The molecule has 0 rings (SSSR count). The maximum atomic E-state index is 11.0. The molecule has 0 bridgehead atoms. The van der Waals surface area contributed by atoms with Crippen molar-refractivity contribution in [2.24, 2.45) is 0 Å². The van der Waals surface area contributed by atoms with Crippen LogP contribution in [0.2, 0.25) is 0 Å². The lowest BCUT2D eigenvalue weighted by Crippen LogP contribution is -2.09. The molecule has 0 atom stereocenters. The molecule has 0 heterocycles. The quantitative estimate of drug-likeness (QED) is 0.644. The van der Waals surface area contributed by atoms with E-state index in [2.05, 4.69) is 0 Å². The zero-order chi connectivity index (χ0) is 9.23. The normalized spacial score (nSPS) is 10.9. The molecule has 3 nitrogen and oxygen atoms in total. The van der Waals surface area contributed by atoms with Crippen LogP contribution in [0.15, 0.2) is 10.5 Å². The first-order valence-electron chi connectivity index (χ1n) is 3.20. The van der Waals surface area contributed by atoms with Crippen molar-refractivity contribution in [2.45, 2.75) is 20.8 Å². The Bertz CT molecular complexity index is 294. The Kier molecular flexibility index (Phi) is 2.99. The van der Waals surface area contributed by atoms with Crippen LogP contribution in [0.3, 0.4) is 0 Å². The molecule has 11 heavy (non-hydrogen) atoms. The largest absolute Gasteiger partial charge is 0.304 e. The van der Waals surface area contributed by atoms with Crippen LogP contribution >= 0.6 is 0 Å². The molecule has 0 spiro atoms. The maximum absolute atomic E-state index is 11.0. The van der Waals surface area contributed by atoms with Crippen LogP contribution in [-0.2, 0) is 9.84 Å². The molecule has 64 valence electrons. The van der Waals surface area contributed by atoms with Gasteiger partial charge in [0.15, 0.2) is 9.84 Å². The third kappa shape index (κ3) is 2.84. The Morgan fingerprint density at radius 1 is 1.18 bits per heavy atom. The monoisotopic (exact) mass is 175 g/mol. The van der Waals surface area contributed by atoms with Gasteiger partial charge in [-0.05, 0) is 20.8 Å². The molecule has 0 aromatic rings. The summed E-state index contributed by atoms with van der Waals surface area (Å²) in [4.78, 5) is 0.150. The second-order valence-electron chi connectivity index (χ2n) is 2.73. The van der Waals surface area contributed by atoms with Gasteiger partial charge in [0.1, 0.15) is 0 Å². The molecule has 0 aliphatic heterocycles. The third-order valence-corrected chi connectivity index (χ3v) is 2.62. The second kappa shape index (κ2) is 3.17. The van der Waals surface area contributed by atoms with Gasteiger partial charge in [-0.1, -0.05) is 5.57 Å². The molecule has 0 fully saturated rings. The summed E-state index contributed by atoms with van der Waals surface area (Å²) in [6, 6.07) is 0. The summed E-state index contributed by atoms with van der Waals surface area (Å²) in [5, 5.41) is 7.20. The topological polar surface area (TPSA) is 58.0 Å². The van der Waals surface area contributed by atoms with Crippen molar-refractivity contribution in [3.8, 4) is 0 Å². The minimum absolute atomic E-state index is 0.104. The summed E-state index contributed by atoms with van der Waals surface area (Å²) < 4.78 is 22.0. The van der Waals surface area contributed by atoms with E-state index in [9.17, 15) is 8.42 Å². The zero-order valence-electron chi connectivity index (χ0n) is 7.22. The molecule has 0 aliphatic carbocycles. The Morgan fingerprint density at radius 3 is 1.55 bits per heavy atom. The fourth-order valence-corrected chi connectivity index (χ4v) is 2.32. The van der Waals surface area contributed by atoms with Crippen molar-refractivity contribution in [3.05, 3.63) is 10.5 Å². The third-order valence-electron chi connectivity index (χ3n) is 1.17. The lowest BCUT2D eigenvalue weighted by atomic mass is 10.2. The predicted molar refractivity (Wildman–Crippen MR) is 46.6 cm³/mol. The number of hydrogen-bond acceptors (Lipinski definition) is 3. The molecule has 0 aliphatic rings. The summed E-state index contributed by atoms with van der Waals surface area (Å²) in [5.74, 6) is 0. The van der Waals surface area contributed by atoms with Gasteiger partial charge >= 0.3 is 0 Å². The molecule has 4 heteroatoms. The van der Waals surface area contributed by atoms with Gasteiger partial charge in [0.05, 0.1) is 4.91 Å². The molecular weight excluding hydrogens is 162 g/mol. The highest BCUT2D eigenvalue weighted by Gasteiger charge is 2.14. The van der Waals surface area contributed by atoms with Crippen LogP contribution in [0.25, 0.3) is 0 Å². The van der Waals surface area contributed by atoms with Crippen LogP contribution in [0.1, 0.15) is 20.8 Å². The fourth-order valence-electron chi connectivity index (χ4n) is 1.02. The smallest absolute Gasteiger partial charge is 0.177 e. The van der Waals surface area contributed by atoms with E-state index < -0.39 is 9.84 Å². The van der Waals surface area contributed by atoms with Gasteiger partial charge in [0.25, 0.3) is 0 Å². The first-order chi connectivity index (χ1) is 4.76. The molecule has 0 saturated carbocycles. The molecule has 0 amide bonds. The van der Waals surface area contributed by atoms with E-state index in [1.54, 1.807) is 13.8 Å². The van der Waals surface area contributed by atoms with E-state index in [-0.39, 0.29) is 10.6 Å². The van der Waals surface area contributed by atoms with Gasteiger partial charge in [-0.25, -0.2) is 8.42 Å². The van der Waals surface area contributed by atoms with Gasteiger partial charge in [-0.15, -0.1) is 0 Å². The Balaban J connectivity index is 5.32. The number of nitrogens with one attached hydrogen (secondary N) is 1. The lowest BCUT2D eigenvalue weighted by molar-refractivity contribution is 0.608. The first-order valence-corrected chi connectivity index (χ1v) is 5.09. The fraction of sp³-hybridized carbons (Fsp3) is 0.571. The van der Waals surface area contributed by atoms with Crippen LogP contribution in [-0.4, -0.2) is 20.4 Å². The minimum atomic E-state index is -3.21. The van der Waals surface area contributed by atoms with Crippen LogP contribution in [0, 0.1) is 5.41 Å². The molecular formula is C7H13NO2S. The molecule has 0 aromatic heterocycles. The standard InChI is InChI=1S/C7H13NO2S/c1-5(2)7(6(3)8)11(4,9)10/h8H,1-4H3. The summed E-state index contributed by atoms with van der Waals surface area (Å²) in [6.45, 7) is 4.85. The molecule has 0 saturated heterocycles. The van der Waals surface area contributed by atoms with Gasteiger partial charge < -0.3 is 5.41 Å². The van der Waals surface area contributed by atoms with E-state index in [4.69, 9.17) is 5.41 Å². The van der Waals surface area contributed by atoms with E-state index in [0.717, 1.165) is 6.26 Å². The van der Waals surface area contributed by atoms with Crippen LogP contribution < -0.4 is 0 Å². The van der Waals surface area contributed by atoms with Gasteiger partial charge in [-0.2, -0.15) is 0 Å². The number of sulfone groups is 1. The van der Waals surface area contributed by atoms with E-state index in [1.807, 2.05) is 0 Å². The SMILES string of the molecule is CC(=N)C(=C(C)C)S(C)(=O)=O. The van der Waals surface area contributed by atoms with Gasteiger partial charge in [0.2, 0.25) is 0 Å². The Hall–Kier alpha value is -0.640.